The van der Waals surface area contributed by atoms with Gasteiger partial charge in [-0.25, -0.2) is 5.43 Å². The Hall–Kier alpha value is -0.570. The second kappa shape index (κ2) is 5.14. The molecule has 0 aromatic carbocycles. The van der Waals surface area contributed by atoms with Crippen LogP contribution in [0.1, 0.15) is 38.5 Å². The van der Waals surface area contributed by atoms with Gasteiger partial charge in [-0.15, -0.1) is 0 Å². The van der Waals surface area contributed by atoms with Crippen LogP contribution in [0.15, 0.2) is 0 Å². The maximum Gasteiger partial charge on any atom is 0.234 e. The molecule has 0 heterocycles. The molecule has 3 nitrogen and oxygen atoms in total. The number of amides is 1. The van der Waals surface area contributed by atoms with Crippen molar-refractivity contribution >= 4 is 5.91 Å². The first kappa shape index (κ1) is 9.52. The lowest BCUT2D eigenvalue weighted by Crippen LogP contribution is -2.34. The first-order chi connectivity index (χ1) is 5.83. The van der Waals surface area contributed by atoms with Gasteiger partial charge in [0.05, 0.1) is 0 Å². The lowest BCUT2D eigenvalue weighted by molar-refractivity contribution is -0.122. The van der Waals surface area contributed by atoms with Gasteiger partial charge in [0.15, 0.2) is 0 Å². The van der Waals surface area contributed by atoms with Crippen LogP contribution in [-0.2, 0) is 4.79 Å². The Bertz CT molecular complexity index is 141. The van der Waals surface area contributed by atoms with E-state index in [9.17, 15) is 4.79 Å². The minimum absolute atomic E-state index is 0.115. The minimum atomic E-state index is 0.115. The maximum atomic E-state index is 11.0. The zero-order chi connectivity index (χ0) is 8.81. The van der Waals surface area contributed by atoms with Crippen molar-refractivity contribution in [1.82, 2.24) is 10.9 Å². The number of hydrazine groups is 1. The van der Waals surface area contributed by atoms with Gasteiger partial charge in [0.25, 0.3) is 0 Å². The molecule has 0 aromatic heterocycles. The van der Waals surface area contributed by atoms with Gasteiger partial charge in [0.2, 0.25) is 5.91 Å². The van der Waals surface area contributed by atoms with Crippen LogP contribution in [0.3, 0.4) is 0 Å². The molecule has 1 rings (SSSR count). The van der Waals surface area contributed by atoms with Crippen LogP contribution in [0.5, 0.6) is 0 Å². The fraction of sp³-hybridized carbons (Fsp3) is 0.889. The Morgan fingerprint density at radius 1 is 1.42 bits per heavy atom. The van der Waals surface area contributed by atoms with Crippen molar-refractivity contribution in [3.63, 3.8) is 0 Å². The summed E-state index contributed by atoms with van der Waals surface area (Å²) in [6, 6.07) is 0. The molecule has 12 heavy (non-hydrogen) atoms. The van der Waals surface area contributed by atoms with Gasteiger partial charge in [0.1, 0.15) is 0 Å². The van der Waals surface area contributed by atoms with Crippen molar-refractivity contribution in [2.75, 3.05) is 7.05 Å². The highest BCUT2D eigenvalue weighted by molar-refractivity contribution is 5.75. The average molecular weight is 170 g/mol. The van der Waals surface area contributed by atoms with E-state index in [0.29, 0.717) is 6.42 Å². The third-order valence-electron chi connectivity index (χ3n) is 2.52. The molecular formula is C9H18N2O. The van der Waals surface area contributed by atoms with Crippen LogP contribution in [0.2, 0.25) is 0 Å². The fourth-order valence-electron chi connectivity index (χ4n) is 1.84. The number of hydrogen-bond acceptors (Lipinski definition) is 2. The largest absolute Gasteiger partial charge is 0.292 e. The van der Waals surface area contributed by atoms with Gasteiger partial charge in [0, 0.05) is 13.5 Å². The molecule has 0 saturated heterocycles. The molecule has 70 valence electrons. The molecule has 0 spiro atoms. The summed E-state index contributed by atoms with van der Waals surface area (Å²) in [5, 5.41) is 0. The Morgan fingerprint density at radius 2 is 2.08 bits per heavy atom. The summed E-state index contributed by atoms with van der Waals surface area (Å²) in [7, 11) is 1.72. The van der Waals surface area contributed by atoms with E-state index >= 15 is 0 Å². The Kier molecular flexibility index (Phi) is 4.08. The van der Waals surface area contributed by atoms with E-state index < -0.39 is 0 Å². The summed E-state index contributed by atoms with van der Waals surface area (Å²) in [5.74, 6) is 0.928. The Morgan fingerprint density at radius 3 is 2.67 bits per heavy atom. The molecule has 3 heteroatoms. The lowest BCUT2D eigenvalue weighted by atomic mass is 10.0. The quantitative estimate of drug-likeness (QED) is 0.623. The summed E-state index contributed by atoms with van der Waals surface area (Å²) in [6.07, 6.45) is 7.11. The van der Waals surface area contributed by atoms with Crippen LogP contribution in [0.25, 0.3) is 0 Å². The minimum Gasteiger partial charge on any atom is -0.292 e. The van der Waals surface area contributed by atoms with Gasteiger partial charge in [-0.2, -0.15) is 0 Å². The number of rotatable bonds is 4. The second-order valence-corrected chi connectivity index (χ2v) is 3.49. The maximum absolute atomic E-state index is 11.0. The number of carbonyl (C=O) groups is 1. The second-order valence-electron chi connectivity index (χ2n) is 3.49. The van der Waals surface area contributed by atoms with E-state index in [1.54, 1.807) is 7.05 Å². The van der Waals surface area contributed by atoms with Crippen LogP contribution in [-0.4, -0.2) is 13.0 Å². The molecule has 0 aromatic rings. The average Bonchev–Trinajstić information content (AvgIpc) is 2.53. The Balaban J connectivity index is 2.03. The molecule has 1 aliphatic carbocycles. The molecule has 0 unspecified atom stereocenters. The molecule has 1 aliphatic rings. The first-order valence-corrected chi connectivity index (χ1v) is 4.78. The molecule has 0 radical (unpaired) electrons. The molecular weight excluding hydrogens is 152 g/mol. The highest BCUT2D eigenvalue weighted by Gasteiger charge is 2.15. The predicted octanol–water partition coefficient (Wildman–Crippen LogP) is 1.21. The lowest BCUT2D eigenvalue weighted by Gasteiger charge is -2.07. The van der Waals surface area contributed by atoms with Gasteiger partial charge in [-0.3, -0.25) is 10.2 Å². The number of nitrogens with one attached hydrogen (secondary N) is 2. The van der Waals surface area contributed by atoms with Gasteiger partial charge in [-0.1, -0.05) is 25.7 Å². The topological polar surface area (TPSA) is 41.1 Å². The van der Waals surface area contributed by atoms with Crippen molar-refractivity contribution in [3.8, 4) is 0 Å². The summed E-state index contributed by atoms with van der Waals surface area (Å²) >= 11 is 0. The smallest absolute Gasteiger partial charge is 0.234 e. The zero-order valence-electron chi connectivity index (χ0n) is 7.73. The first-order valence-electron chi connectivity index (χ1n) is 4.78. The highest BCUT2D eigenvalue weighted by Crippen LogP contribution is 2.28. The van der Waals surface area contributed by atoms with Crippen molar-refractivity contribution < 1.29 is 4.79 Å². The van der Waals surface area contributed by atoms with E-state index in [1.165, 1.54) is 25.7 Å². The van der Waals surface area contributed by atoms with Gasteiger partial charge < -0.3 is 0 Å². The molecule has 0 bridgehead atoms. The van der Waals surface area contributed by atoms with E-state index in [-0.39, 0.29) is 5.91 Å². The van der Waals surface area contributed by atoms with Crippen LogP contribution < -0.4 is 10.9 Å². The normalized spacial score (nSPS) is 18.1. The van der Waals surface area contributed by atoms with E-state index in [1.807, 2.05) is 0 Å². The van der Waals surface area contributed by atoms with Gasteiger partial charge >= 0.3 is 0 Å². The van der Waals surface area contributed by atoms with Crippen molar-refractivity contribution in [2.24, 2.45) is 5.92 Å². The molecule has 2 N–H and O–H groups in total. The molecule has 1 fully saturated rings. The molecule has 1 amide bonds. The van der Waals surface area contributed by atoms with E-state index in [0.717, 1.165) is 12.3 Å². The summed E-state index contributed by atoms with van der Waals surface area (Å²) in [5.41, 5.74) is 5.22. The molecule has 0 atom stereocenters. The van der Waals surface area contributed by atoms with Crippen molar-refractivity contribution in [2.45, 2.75) is 38.5 Å². The van der Waals surface area contributed by atoms with Crippen LogP contribution >= 0.6 is 0 Å². The number of carbonyl (C=O) groups excluding carboxylic acids is 1. The standard InChI is InChI=1S/C9H18N2O/c1-10-11-9(12)7-6-8-4-2-3-5-8/h8,10H,2-7H2,1H3,(H,11,12). The fourth-order valence-corrected chi connectivity index (χ4v) is 1.84. The molecule has 0 aliphatic heterocycles. The number of hydrogen-bond donors (Lipinski definition) is 2. The van der Waals surface area contributed by atoms with Crippen molar-refractivity contribution in [3.05, 3.63) is 0 Å². The SMILES string of the molecule is CNNC(=O)CCC1CCCC1. The third-order valence-corrected chi connectivity index (χ3v) is 2.52. The van der Waals surface area contributed by atoms with E-state index in [2.05, 4.69) is 10.9 Å². The molecule has 1 saturated carbocycles. The predicted molar refractivity (Wildman–Crippen MR) is 48.4 cm³/mol. The summed E-state index contributed by atoms with van der Waals surface area (Å²) in [6.45, 7) is 0. The Labute approximate surface area is 73.9 Å². The van der Waals surface area contributed by atoms with Crippen molar-refractivity contribution in [1.29, 1.82) is 0 Å². The van der Waals surface area contributed by atoms with Crippen LogP contribution in [0, 0.1) is 5.92 Å². The zero-order valence-corrected chi connectivity index (χ0v) is 7.73. The van der Waals surface area contributed by atoms with E-state index in [4.69, 9.17) is 0 Å². The monoisotopic (exact) mass is 170 g/mol. The third kappa shape index (κ3) is 3.22. The van der Waals surface area contributed by atoms with Crippen LogP contribution in [0.4, 0.5) is 0 Å². The summed E-state index contributed by atoms with van der Waals surface area (Å²) < 4.78 is 0. The van der Waals surface area contributed by atoms with Gasteiger partial charge in [-0.05, 0) is 12.3 Å². The summed E-state index contributed by atoms with van der Waals surface area (Å²) in [4.78, 5) is 11.0. The highest BCUT2D eigenvalue weighted by atomic mass is 16.2.